The molecule has 0 aromatic heterocycles. The van der Waals surface area contributed by atoms with Crippen LogP contribution in [-0.2, 0) is 0 Å². The van der Waals surface area contributed by atoms with Gasteiger partial charge in [-0.25, -0.2) is 0 Å². The van der Waals surface area contributed by atoms with Gasteiger partial charge in [0.2, 0.25) is 5.91 Å². The van der Waals surface area contributed by atoms with Crippen molar-refractivity contribution in [3.8, 4) is 11.5 Å². The molecule has 3 aromatic carbocycles. The molecule has 0 aliphatic carbocycles. The van der Waals surface area contributed by atoms with E-state index in [2.05, 4.69) is 6.58 Å². The van der Waals surface area contributed by atoms with E-state index in [-0.39, 0.29) is 5.78 Å². The molecule has 3 rings (SSSR count). The summed E-state index contributed by atoms with van der Waals surface area (Å²) in [6.45, 7) is 3.71. The molecule has 0 unspecified atom stereocenters. The van der Waals surface area contributed by atoms with Crippen molar-refractivity contribution in [1.29, 1.82) is 0 Å². The quantitative estimate of drug-likeness (QED) is 0.672. The smallest absolute Gasteiger partial charge is 0.248 e. The first kappa shape index (κ1) is 17.2. The van der Waals surface area contributed by atoms with Crippen LogP contribution in [0.3, 0.4) is 0 Å². The normalized spacial score (nSPS) is 10.2. The Labute approximate surface area is 151 Å². The number of primary amides is 1. The maximum absolute atomic E-state index is 12.6. The maximum atomic E-state index is 12.6. The van der Waals surface area contributed by atoms with Crippen LogP contribution < -0.4 is 10.5 Å². The van der Waals surface area contributed by atoms with Crippen LogP contribution >= 0.6 is 0 Å². The van der Waals surface area contributed by atoms with Gasteiger partial charge in [-0.05, 0) is 54.1 Å². The van der Waals surface area contributed by atoms with Crippen LogP contribution in [0.4, 0.5) is 0 Å². The second-order valence-corrected chi connectivity index (χ2v) is 5.67. The third kappa shape index (κ3) is 3.87. The van der Waals surface area contributed by atoms with Crippen molar-refractivity contribution in [2.75, 3.05) is 0 Å². The topological polar surface area (TPSA) is 69.4 Å². The van der Waals surface area contributed by atoms with Gasteiger partial charge in [-0.2, -0.15) is 0 Å². The van der Waals surface area contributed by atoms with E-state index in [1.54, 1.807) is 48.5 Å². The first-order valence-electron chi connectivity index (χ1n) is 8.02. The Kier molecular flexibility index (Phi) is 4.94. The van der Waals surface area contributed by atoms with Crippen molar-refractivity contribution in [1.82, 2.24) is 0 Å². The highest BCUT2D eigenvalue weighted by atomic mass is 16.5. The van der Waals surface area contributed by atoms with E-state index in [9.17, 15) is 9.59 Å². The van der Waals surface area contributed by atoms with Crippen LogP contribution in [0.5, 0.6) is 11.5 Å². The summed E-state index contributed by atoms with van der Waals surface area (Å²) in [4.78, 5) is 23.8. The number of nitrogens with two attached hydrogens (primary N) is 1. The molecular formula is C22H17NO3. The Hall–Kier alpha value is -3.66. The van der Waals surface area contributed by atoms with E-state index in [0.717, 1.165) is 5.56 Å². The second-order valence-electron chi connectivity index (χ2n) is 5.67. The average Bonchev–Trinajstić information content (AvgIpc) is 2.68. The summed E-state index contributed by atoms with van der Waals surface area (Å²) in [5.74, 6) is 0.573. The summed E-state index contributed by atoms with van der Waals surface area (Å²) in [6.07, 6.45) is 1.76. The molecule has 1 amide bonds. The molecule has 0 atom stereocenters. The third-order valence-electron chi connectivity index (χ3n) is 3.88. The zero-order valence-corrected chi connectivity index (χ0v) is 14.0. The summed E-state index contributed by atoms with van der Waals surface area (Å²) in [7, 11) is 0. The molecule has 4 nitrogen and oxygen atoms in total. The molecule has 0 saturated carbocycles. The molecule has 3 aromatic rings. The molecule has 26 heavy (non-hydrogen) atoms. The molecule has 0 fully saturated rings. The number of rotatable bonds is 6. The van der Waals surface area contributed by atoms with E-state index < -0.39 is 5.91 Å². The summed E-state index contributed by atoms with van der Waals surface area (Å²) in [5.41, 5.74) is 7.49. The largest absolute Gasteiger partial charge is 0.457 e. The number of ether oxygens (including phenoxy) is 1. The van der Waals surface area contributed by atoms with Gasteiger partial charge in [-0.3, -0.25) is 9.59 Å². The lowest BCUT2D eigenvalue weighted by atomic mass is 10.0. The van der Waals surface area contributed by atoms with Gasteiger partial charge >= 0.3 is 0 Å². The number of ketones is 1. The molecule has 0 saturated heterocycles. The Morgan fingerprint density at radius 2 is 1.38 bits per heavy atom. The Morgan fingerprint density at radius 3 is 1.96 bits per heavy atom. The van der Waals surface area contributed by atoms with E-state index >= 15 is 0 Å². The molecule has 0 bridgehead atoms. The van der Waals surface area contributed by atoms with Gasteiger partial charge in [-0.1, -0.05) is 36.9 Å². The molecule has 0 aliphatic rings. The molecule has 0 spiro atoms. The monoisotopic (exact) mass is 343 g/mol. The number of benzene rings is 3. The number of carbonyl (C=O) groups is 2. The van der Waals surface area contributed by atoms with Crippen LogP contribution in [0.2, 0.25) is 0 Å². The number of hydrogen-bond acceptors (Lipinski definition) is 3. The molecular weight excluding hydrogens is 326 g/mol. The Bertz CT molecular complexity index is 957. The SMILES string of the molecule is C=Cc1ccc(Oc2ccc(C(=O)c3cccc(C(N)=O)c3)cc2)cc1. The lowest BCUT2D eigenvalue weighted by molar-refractivity contribution is 0.1000. The van der Waals surface area contributed by atoms with Gasteiger partial charge in [0.05, 0.1) is 0 Å². The van der Waals surface area contributed by atoms with Gasteiger partial charge in [0.1, 0.15) is 11.5 Å². The third-order valence-corrected chi connectivity index (χ3v) is 3.88. The minimum atomic E-state index is -0.564. The van der Waals surface area contributed by atoms with E-state index in [4.69, 9.17) is 10.5 Å². The summed E-state index contributed by atoms with van der Waals surface area (Å²) in [6, 6.07) is 20.7. The summed E-state index contributed by atoms with van der Waals surface area (Å²) in [5, 5.41) is 0. The Balaban J connectivity index is 1.76. The Morgan fingerprint density at radius 1 is 0.808 bits per heavy atom. The highest BCUT2D eigenvalue weighted by Crippen LogP contribution is 2.23. The maximum Gasteiger partial charge on any atom is 0.248 e. The van der Waals surface area contributed by atoms with Gasteiger partial charge in [0.25, 0.3) is 0 Å². The predicted octanol–water partition coefficient (Wildman–Crippen LogP) is 4.45. The lowest BCUT2D eigenvalue weighted by Gasteiger charge is -2.07. The van der Waals surface area contributed by atoms with Gasteiger partial charge < -0.3 is 10.5 Å². The molecule has 0 radical (unpaired) electrons. The van der Waals surface area contributed by atoms with Crippen molar-refractivity contribution >= 4 is 17.8 Å². The number of amides is 1. The predicted molar refractivity (Wildman–Crippen MR) is 101 cm³/mol. The van der Waals surface area contributed by atoms with Crippen molar-refractivity contribution < 1.29 is 14.3 Å². The average molecular weight is 343 g/mol. The van der Waals surface area contributed by atoms with Gasteiger partial charge in [-0.15, -0.1) is 0 Å². The summed E-state index contributed by atoms with van der Waals surface area (Å²) >= 11 is 0. The van der Waals surface area contributed by atoms with Crippen LogP contribution in [0.1, 0.15) is 31.8 Å². The first-order valence-corrected chi connectivity index (χ1v) is 8.02. The van der Waals surface area contributed by atoms with E-state index in [1.165, 1.54) is 6.07 Å². The van der Waals surface area contributed by atoms with Crippen LogP contribution in [0.15, 0.2) is 79.4 Å². The van der Waals surface area contributed by atoms with E-state index in [0.29, 0.717) is 28.2 Å². The fraction of sp³-hybridized carbons (Fsp3) is 0. The highest BCUT2D eigenvalue weighted by Gasteiger charge is 2.11. The zero-order valence-electron chi connectivity index (χ0n) is 14.0. The van der Waals surface area contributed by atoms with Crippen LogP contribution in [-0.4, -0.2) is 11.7 Å². The highest BCUT2D eigenvalue weighted by molar-refractivity contribution is 6.10. The number of carbonyl (C=O) groups excluding carboxylic acids is 2. The lowest BCUT2D eigenvalue weighted by Crippen LogP contribution is -2.12. The minimum absolute atomic E-state index is 0.185. The van der Waals surface area contributed by atoms with Crippen LogP contribution in [0.25, 0.3) is 6.08 Å². The van der Waals surface area contributed by atoms with Crippen LogP contribution in [0, 0.1) is 0 Å². The molecule has 128 valence electrons. The standard InChI is InChI=1S/C22H17NO3/c1-2-15-6-10-19(11-7-15)26-20-12-8-16(9-13-20)21(24)17-4-3-5-18(14-17)22(23)25/h2-14H,1H2,(H2,23,25). The van der Waals surface area contributed by atoms with Crippen molar-refractivity contribution in [3.63, 3.8) is 0 Å². The van der Waals surface area contributed by atoms with Crippen molar-refractivity contribution in [2.24, 2.45) is 5.73 Å². The minimum Gasteiger partial charge on any atom is -0.457 e. The molecule has 4 heteroatoms. The van der Waals surface area contributed by atoms with Gasteiger partial charge in [0, 0.05) is 16.7 Å². The second kappa shape index (κ2) is 7.49. The number of hydrogen-bond donors (Lipinski definition) is 1. The molecule has 0 aliphatic heterocycles. The van der Waals surface area contributed by atoms with Crippen molar-refractivity contribution in [3.05, 3.63) is 102 Å². The zero-order chi connectivity index (χ0) is 18.5. The molecule has 2 N–H and O–H groups in total. The van der Waals surface area contributed by atoms with Gasteiger partial charge in [0.15, 0.2) is 5.78 Å². The molecule has 0 heterocycles. The van der Waals surface area contributed by atoms with E-state index in [1.807, 2.05) is 24.3 Å². The fourth-order valence-electron chi connectivity index (χ4n) is 2.46. The first-order chi connectivity index (χ1) is 12.6. The fourth-order valence-corrected chi connectivity index (χ4v) is 2.46. The summed E-state index contributed by atoms with van der Waals surface area (Å²) < 4.78 is 5.76. The van der Waals surface area contributed by atoms with Crippen molar-refractivity contribution in [2.45, 2.75) is 0 Å².